The third-order valence-electron chi connectivity index (χ3n) is 2.77. The number of carbonyl (C=O) groups is 1. The maximum absolute atomic E-state index is 10.3. The number of carbonyl (C=O) groups excluding carboxylic acids is 1. The SMILES string of the molecule is CCC(CC)Oc1ccc(C(N)=NC=O)c(NC)n1. The highest BCUT2D eigenvalue weighted by Gasteiger charge is 2.11. The van der Waals surface area contributed by atoms with Gasteiger partial charge in [-0.2, -0.15) is 9.98 Å². The Balaban J connectivity index is 3.02. The third kappa shape index (κ3) is 3.94. The number of aromatic nitrogens is 1. The van der Waals surface area contributed by atoms with Gasteiger partial charge in [-0.15, -0.1) is 0 Å². The number of anilines is 1. The molecule has 0 bridgehead atoms. The van der Waals surface area contributed by atoms with Gasteiger partial charge >= 0.3 is 0 Å². The summed E-state index contributed by atoms with van der Waals surface area (Å²) in [5.74, 6) is 1.19. The molecule has 0 radical (unpaired) electrons. The predicted octanol–water partition coefficient (Wildman–Crippen LogP) is 1.55. The summed E-state index contributed by atoms with van der Waals surface area (Å²) >= 11 is 0. The van der Waals surface area contributed by atoms with E-state index in [1.807, 2.05) is 0 Å². The first-order valence-corrected chi connectivity index (χ1v) is 6.28. The van der Waals surface area contributed by atoms with Crippen LogP contribution in [0.15, 0.2) is 17.1 Å². The van der Waals surface area contributed by atoms with Gasteiger partial charge in [-0.25, -0.2) is 0 Å². The molecule has 1 aromatic rings. The van der Waals surface area contributed by atoms with Crippen LogP contribution in [0.5, 0.6) is 5.88 Å². The van der Waals surface area contributed by atoms with Crippen LogP contribution in [0.25, 0.3) is 0 Å². The second-order valence-corrected chi connectivity index (χ2v) is 3.97. The number of nitrogens with one attached hydrogen (secondary N) is 1. The number of ether oxygens (including phenoxy) is 1. The number of amides is 1. The molecule has 0 spiro atoms. The van der Waals surface area contributed by atoms with E-state index in [4.69, 9.17) is 10.5 Å². The number of hydrogen-bond donors (Lipinski definition) is 2. The highest BCUT2D eigenvalue weighted by Crippen LogP contribution is 2.19. The fourth-order valence-corrected chi connectivity index (χ4v) is 1.66. The van der Waals surface area contributed by atoms with Crippen LogP contribution in [0.2, 0.25) is 0 Å². The Labute approximate surface area is 113 Å². The summed E-state index contributed by atoms with van der Waals surface area (Å²) in [5.41, 5.74) is 6.26. The second-order valence-electron chi connectivity index (χ2n) is 3.97. The molecule has 0 aliphatic rings. The van der Waals surface area contributed by atoms with E-state index in [0.717, 1.165) is 12.8 Å². The van der Waals surface area contributed by atoms with Crippen molar-refractivity contribution in [3.8, 4) is 5.88 Å². The van der Waals surface area contributed by atoms with Crippen molar-refractivity contribution >= 4 is 18.1 Å². The fraction of sp³-hybridized carbons (Fsp3) is 0.462. The lowest BCUT2D eigenvalue weighted by Crippen LogP contribution is -2.18. The largest absolute Gasteiger partial charge is 0.474 e. The Bertz CT molecular complexity index is 456. The zero-order valence-corrected chi connectivity index (χ0v) is 11.5. The quantitative estimate of drug-likeness (QED) is 0.443. The summed E-state index contributed by atoms with van der Waals surface area (Å²) in [5, 5.41) is 2.92. The van der Waals surface area contributed by atoms with Crippen LogP contribution < -0.4 is 15.8 Å². The molecule has 1 amide bonds. The molecule has 104 valence electrons. The third-order valence-corrected chi connectivity index (χ3v) is 2.77. The molecule has 0 aromatic carbocycles. The number of nitrogens with two attached hydrogens (primary N) is 1. The molecule has 0 fully saturated rings. The first-order valence-electron chi connectivity index (χ1n) is 6.28. The van der Waals surface area contributed by atoms with Crippen LogP contribution in [-0.2, 0) is 4.79 Å². The van der Waals surface area contributed by atoms with E-state index in [0.29, 0.717) is 23.7 Å². The van der Waals surface area contributed by atoms with Crippen molar-refractivity contribution in [3.63, 3.8) is 0 Å². The lowest BCUT2D eigenvalue weighted by Gasteiger charge is -2.16. The Hall–Kier alpha value is -2.11. The summed E-state index contributed by atoms with van der Waals surface area (Å²) in [7, 11) is 1.72. The molecule has 3 N–H and O–H groups in total. The summed E-state index contributed by atoms with van der Waals surface area (Å²) in [6.45, 7) is 4.13. The van der Waals surface area contributed by atoms with Crippen LogP contribution in [0, 0.1) is 0 Å². The van der Waals surface area contributed by atoms with E-state index in [2.05, 4.69) is 29.1 Å². The van der Waals surface area contributed by atoms with Gasteiger partial charge in [0.05, 0.1) is 11.7 Å². The van der Waals surface area contributed by atoms with E-state index in [9.17, 15) is 4.79 Å². The molecule has 0 aliphatic carbocycles. The molecule has 6 nitrogen and oxygen atoms in total. The van der Waals surface area contributed by atoms with E-state index in [-0.39, 0.29) is 11.9 Å². The molecule has 0 atom stereocenters. The van der Waals surface area contributed by atoms with E-state index in [1.165, 1.54) is 0 Å². The smallest absolute Gasteiger partial charge is 0.234 e. The molecule has 6 heteroatoms. The first-order chi connectivity index (χ1) is 9.15. The second kappa shape index (κ2) is 7.35. The van der Waals surface area contributed by atoms with Crippen molar-refractivity contribution in [2.45, 2.75) is 32.8 Å². The molecule has 0 aliphatic heterocycles. The van der Waals surface area contributed by atoms with Gasteiger partial charge in [-0.05, 0) is 18.9 Å². The average molecular weight is 264 g/mol. The van der Waals surface area contributed by atoms with E-state index in [1.54, 1.807) is 19.2 Å². The Morgan fingerprint density at radius 2 is 2.21 bits per heavy atom. The van der Waals surface area contributed by atoms with Crippen molar-refractivity contribution in [3.05, 3.63) is 17.7 Å². The topological polar surface area (TPSA) is 89.6 Å². The molecule has 1 aromatic heterocycles. The van der Waals surface area contributed by atoms with Crippen LogP contribution in [0.4, 0.5) is 5.82 Å². The fourth-order valence-electron chi connectivity index (χ4n) is 1.66. The van der Waals surface area contributed by atoms with Gasteiger partial charge < -0.3 is 15.8 Å². The van der Waals surface area contributed by atoms with Crippen LogP contribution in [-0.4, -0.2) is 30.4 Å². The zero-order valence-electron chi connectivity index (χ0n) is 11.5. The van der Waals surface area contributed by atoms with Crippen molar-refractivity contribution in [2.75, 3.05) is 12.4 Å². The Morgan fingerprint density at radius 3 is 2.74 bits per heavy atom. The minimum Gasteiger partial charge on any atom is -0.474 e. The number of amidine groups is 1. The molecule has 1 rings (SSSR count). The monoisotopic (exact) mass is 264 g/mol. The van der Waals surface area contributed by atoms with Crippen molar-refractivity contribution < 1.29 is 9.53 Å². The lowest BCUT2D eigenvalue weighted by atomic mass is 10.2. The minimum atomic E-state index is 0.126. The maximum Gasteiger partial charge on any atom is 0.234 e. The number of pyridine rings is 1. The summed E-state index contributed by atoms with van der Waals surface area (Å²) in [6, 6.07) is 3.46. The highest BCUT2D eigenvalue weighted by molar-refractivity contribution is 6.04. The molecular weight excluding hydrogens is 244 g/mol. The van der Waals surface area contributed by atoms with Crippen molar-refractivity contribution in [1.29, 1.82) is 0 Å². The van der Waals surface area contributed by atoms with Crippen LogP contribution in [0.3, 0.4) is 0 Å². The minimum absolute atomic E-state index is 0.126. The number of rotatable bonds is 7. The summed E-state index contributed by atoms with van der Waals surface area (Å²) in [4.78, 5) is 18.2. The van der Waals surface area contributed by atoms with Crippen LogP contribution in [0.1, 0.15) is 32.3 Å². The normalized spacial score (nSPS) is 11.5. The number of aliphatic imine (C=N–C) groups is 1. The van der Waals surface area contributed by atoms with E-state index < -0.39 is 0 Å². The molecule has 0 unspecified atom stereocenters. The standard InChI is InChI=1S/C13H20N4O2/c1-4-9(5-2)19-11-7-6-10(12(14)16-8-18)13(15-3)17-11/h6-9H,4-5H2,1-3H3,(H,15,17)(H2,14,16,18). The summed E-state index contributed by atoms with van der Waals surface area (Å²) < 4.78 is 5.75. The molecule has 19 heavy (non-hydrogen) atoms. The predicted molar refractivity (Wildman–Crippen MR) is 75.6 cm³/mol. The number of hydrogen-bond acceptors (Lipinski definition) is 4. The Morgan fingerprint density at radius 1 is 1.53 bits per heavy atom. The zero-order chi connectivity index (χ0) is 14.3. The molecule has 0 saturated heterocycles. The van der Waals surface area contributed by atoms with Crippen LogP contribution >= 0.6 is 0 Å². The van der Waals surface area contributed by atoms with Gasteiger partial charge in [0.1, 0.15) is 11.7 Å². The molecule has 1 heterocycles. The van der Waals surface area contributed by atoms with Gasteiger partial charge in [0.2, 0.25) is 12.3 Å². The lowest BCUT2D eigenvalue weighted by molar-refractivity contribution is -0.106. The molecular formula is C13H20N4O2. The van der Waals surface area contributed by atoms with Gasteiger partial charge in [-0.3, -0.25) is 4.79 Å². The van der Waals surface area contributed by atoms with Gasteiger partial charge in [-0.1, -0.05) is 13.8 Å². The average Bonchev–Trinajstić information content (AvgIpc) is 2.44. The van der Waals surface area contributed by atoms with E-state index >= 15 is 0 Å². The first kappa shape index (κ1) is 14.9. The highest BCUT2D eigenvalue weighted by atomic mass is 16.5. The van der Waals surface area contributed by atoms with Gasteiger partial charge in [0.25, 0.3) is 0 Å². The Kier molecular flexibility index (Phi) is 5.78. The van der Waals surface area contributed by atoms with Crippen molar-refractivity contribution in [1.82, 2.24) is 4.98 Å². The van der Waals surface area contributed by atoms with Gasteiger partial charge in [0.15, 0.2) is 0 Å². The summed E-state index contributed by atoms with van der Waals surface area (Å²) in [6.07, 6.45) is 2.39. The number of nitrogens with zero attached hydrogens (tertiary/aromatic N) is 2. The molecule has 0 saturated carbocycles. The van der Waals surface area contributed by atoms with Gasteiger partial charge in [0, 0.05) is 13.1 Å². The van der Waals surface area contributed by atoms with Crippen molar-refractivity contribution in [2.24, 2.45) is 10.7 Å². The maximum atomic E-state index is 10.3.